The molecule has 0 spiro atoms. The second-order valence-electron chi connectivity index (χ2n) is 5.82. The fourth-order valence-corrected chi connectivity index (χ4v) is 3.22. The number of allylic oxidation sites excluding steroid dienone is 1. The van der Waals surface area contributed by atoms with Crippen molar-refractivity contribution in [3.05, 3.63) is 59.3 Å². The lowest BCUT2D eigenvalue weighted by Gasteiger charge is -2.12. The van der Waals surface area contributed by atoms with E-state index in [1.165, 1.54) is 34.4 Å². The Morgan fingerprint density at radius 1 is 1.22 bits per heavy atom. The van der Waals surface area contributed by atoms with Gasteiger partial charge < -0.3 is 4.74 Å². The van der Waals surface area contributed by atoms with Gasteiger partial charge in [0.05, 0.1) is 12.8 Å². The quantitative estimate of drug-likeness (QED) is 0.652. The zero-order valence-electron chi connectivity index (χ0n) is 14.0. The SMILES string of the molecule is CC/C=C(\c1ccc(SC)cc1)c1ccc(C2CC2)c(OC)n1. The summed E-state index contributed by atoms with van der Waals surface area (Å²) in [7, 11) is 1.72. The van der Waals surface area contributed by atoms with Crippen LogP contribution in [0.1, 0.15) is 48.9 Å². The highest BCUT2D eigenvalue weighted by atomic mass is 32.2. The number of aromatic nitrogens is 1. The largest absolute Gasteiger partial charge is 0.481 e. The van der Waals surface area contributed by atoms with E-state index in [2.05, 4.69) is 55.7 Å². The topological polar surface area (TPSA) is 22.1 Å². The second kappa shape index (κ2) is 7.22. The first-order valence-electron chi connectivity index (χ1n) is 8.16. The van der Waals surface area contributed by atoms with Crippen LogP contribution in [0.15, 0.2) is 47.4 Å². The molecule has 23 heavy (non-hydrogen) atoms. The van der Waals surface area contributed by atoms with Gasteiger partial charge in [0.25, 0.3) is 0 Å². The molecule has 2 aromatic rings. The fourth-order valence-electron chi connectivity index (χ4n) is 2.81. The summed E-state index contributed by atoms with van der Waals surface area (Å²) in [5.74, 6) is 1.43. The summed E-state index contributed by atoms with van der Waals surface area (Å²) in [6, 6.07) is 13.0. The van der Waals surface area contributed by atoms with E-state index in [4.69, 9.17) is 9.72 Å². The second-order valence-corrected chi connectivity index (χ2v) is 6.70. The van der Waals surface area contributed by atoms with E-state index in [9.17, 15) is 0 Å². The van der Waals surface area contributed by atoms with E-state index in [1.807, 2.05) is 0 Å². The summed E-state index contributed by atoms with van der Waals surface area (Å²) >= 11 is 1.76. The zero-order chi connectivity index (χ0) is 16.2. The van der Waals surface area contributed by atoms with Gasteiger partial charge in [-0.25, -0.2) is 4.98 Å². The van der Waals surface area contributed by atoms with Crippen molar-refractivity contribution in [2.75, 3.05) is 13.4 Å². The van der Waals surface area contributed by atoms with Crippen LogP contribution in [-0.4, -0.2) is 18.3 Å². The molecule has 1 fully saturated rings. The molecule has 0 amide bonds. The van der Waals surface area contributed by atoms with Crippen LogP contribution in [0.25, 0.3) is 5.57 Å². The van der Waals surface area contributed by atoms with Crippen molar-refractivity contribution in [1.82, 2.24) is 4.98 Å². The number of benzene rings is 1. The number of hydrogen-bond donors (Lipinski definition) is 0. The zero-order valence-corrected chi connectivity index (χ0v) is 14.8. The standard InChI is InChI=1S/C20H23NOS/c1-4-5-17(14-8-10-16(23-3)11-9-14)19-13-12-18(15-6-7-15)20(21-19)22-2/h5,8-13,15H,4,6-7H2,1-3H3/b17-5+. The Labute approximate surface area is 143 Å². The van der Waals surface area contributed by atoms with E-state index >= 15 is 0 Å². The minimum atomic E-state index is 0.644. The lowest BCUT2D eigenvalue weighted by atomic mass is 10.00. The van der Waals surface area contributed by atoms with E-state index < -0.39 is 0 Å². The lowest BCUT2D eigenvalue weighted by Crippen LogP contribution is -1.99. The van der Waals surface area contributed by atoms with Crippen molar-refractivity contribution in [2.45, 2.75) is 37.0 Å². The predicted octanol–water partition coefficient (Wildman–Crippen LogP) is 5.53. The molecule has 0 aliphatic heterocycles. The van der Waals surface area contributed by atoms with Crippen LogP contribution in [-0.2, 0) is 0 Å². The molecular weight excluding hydrogens is 302 g/mol. The molecule has 1 heterocycles. The molecular formula is C20H23NOS. The number of pyridine rings is 1. The molecule has 0 N–H and O–H groups in total. The minimum absolute atomic E-state index is 0.644. The molecule has 1 aliphatic carbocycles. The monoisotopic (exact) mass is 325 g/mol. The van der Waals surface area contributed by atoms with Gasteiger partial charge in [-0.3, -0.25) is 0 Å². The average Bonchev–Trinajstić information content (AvgIpc) is 3.44. The first-order valence-corrected chi connectivity index (χ1v) is 9.39. The molecule has 1 aromatic heterocycles. The number of rotatable bonds is 6. The summed E-state index contributed by atoms with van der Waals surface area (Å²) in [5.41, 5.74) is 4.63. The fraction of sp³-hybridized carbons (Fsp3) is 0.350. The highest BCUT2D eigenvalue weighted by Crippen LogP contribution is 2.44. The van der Waals surface area contributed by atoms with Crippen LogP contribution in [0.5, 0.6) is 5.88 Å². The molecule has 0 atom stereocenters. The Bertz CT molecular complexity index is 702. The number of hydrogen-bond acceptors (Lipinski definition) is 3. The third kappa shape index (κ3) is 3.61. The van der Waals surface area contributed by atoms with Crippen molar-refractivity contribution in [3.63, 3.8) is 0 Å². The van der Waals surface area contributed by atoms with E-state index in [0.29, 0.717) is 5.92 Å². The Hall–Kier alpha value is -1.74. The number of nitrogens with zero attached hydrogens (tertiary/aromatic N) is 1. The first kappa shape index (κ1) is 16.1. The van der Waals surface area contributed by atoms with E-state index in [0.717, 1.165) is 18.0 Å². The average molecular weight is 325 g/mol. The summed E-state index contributed by atoms with van der Waals surface area (Å²) in [6.45, 7) is 2.16. The Balaban J connectivity index is 1.98. The van der Waals surface area contributed by atoms with Gasteiger partial charge in [0.15, 0.2) is 0 Å². The van der Waals surface area contributed by atoms with Crippen molar-refractivity contribution >= 4 is 17.3 Å². The highest BCUT2D eigenvalue weighted by molar-refractivity contribution is 7.98. The van der Waals surface area contributed by atoms with Crippen molar-refractivity contribution < 1.29 is 4.74 Å². The van der Waals surface area contributed by atoms with Gasteiger partial charge in [-0.1, -0.05) is 31.2 Å². The Morgan fingerprint density at radius 2 is 1.96 bits per heavy atom. The number of ether oxygens (including phenoxy) is 1. The molecule has 120 valence electrons. The molecule has 3 rings (SSSR count). The lowest BCUT2D eigenvalue weighted by molar-refractivity contribution is 0.392. The molecule has 0 radical (unpaired) electrons. The summed E-state index contributed by atoms with van der Waals surface area (Å²) in [5, 5.41) is 0. The maximum atomic E-state index is 5.55. The Kier molecular flexibility index (Phi) is 5.06. The van der Waals surface area contributed by atoms with Crippen LogP contribution >= 0.6 is 11.8 Å². The van der Waals surface area contributed by atoms with Crippen LogP contribution in [0.2, 0.25) is 0 Å². The number of thioether (sulfide) groups is 1. The van der Waals surface area contributed by atoms with Crippen LogP contribution in [0.3, 0.4) is 0 Å². The summed E-state index contributed by atoms with van der Waals surface area (Å²) in [6.07, 6.45) is 7.83. The van der Waals surface area contributed by atoms with Gasteiger partial charge in [-0.05, 0) is 55.2 Å². The molecule has 3 heteroatoms. The molecule has 0 bridgehead atoms. The number of methoxy groups -OCH3 is 1. The van der Waals surface area contributed by atoms with Crippen LogP contribution in [0.4, 0.5) is 0 Å². The predicted molar refractivity (Wildman–Crippen MR) is 98.4 cm³/mol. The van der Waals surface area contributed by atoms with Crippen LogP contribution in [0, 0.1) is 0 Å². The van der Waals surface area contributed by atoms with Gasteiger partial charge >= 0.3 is 0 Å². The van der Waals surface area contributed by atoms with Crippen molar-refractivity contribution in [3.8, 4) is 5.88 Å². The van der Waals surface area contributed by atoms with Gasteiger partial charge in [-0.2, -0.15) is 0 Å². The Morgan fingerprint density at radius 3 is 2.52 bits per heavy atom. The summed E-state index contributed by atoms with van der Waals surface area (Å²) in [4.78, 5) is 6.07. The van der Waals surface area contributed by atoms with Crippen molar-refractivity contribution in [1.29, 1.82) is 0 Å². The molecule has 1 aromatic carbocycles. The van der Waals surface area contributed by atoms with E-state index in [-0.39, 0.29) is 0 Å². The minimum Gasteiger partial charge on any atom is -0.481 e. The third-order valence-corrected chi connectivity index (χ3v) is 4.93. The molecule has 2 nitrogen and oxygen atoms in total. The maximum absolute atomic E-state index is 5.55. The first-order chi connectivity index (χ1) is 11.3. The van der Waals surface area contributed by atoms with Gasteiger partial charge in [-0.15, -0.1) is 11.8 Å². The van der Waals surface area contributed by atoms with Gasteiger partial charge in [0.1, 0.15) is 0 Å². The molecule has 0 unspecified atom stereocenters. The van der Waals surface area contributed by atoms with Gasteiger partial charge in [0, 0.05) is 16.0 Å². The van der Waals surface area contributed by atoms with Crippen molar-refractivity contribution in [2.24, 2.45) is 0 Å². The van der Waals surface area contributed by atoms with E-state index in [1.54, 1.807) is 18.9 Å². The normalized spacial score (nSPS) is 14.8. The molecule has 1 saturated carbocycles. The van der Waals surface area contributed by atoms with Crippen LogP contribution < -0.4 is 4.74 Å². The van der Waals surface area contributed by atoms with Gasteiger partial charge in [0.2, 0.25) is 5.88 Å². The maximum Gasteiger partial charge on any atom is 0.217 e. The third-order valence-electron chi connectivity index (χ3n) is 4.19. The smallest absolute Gasteiger partial charge is 0.217 e. The molecule has 0 saturated heterocycles. The summed E-state index contributed by atoms with van der Waals surface area (Å²) < 4.78 is 5.55. The highest BCUT2D eigenvalue weighted by Gasteiger charge is 2.27. The molecule has 1 aliphatic rings.